The molecule has 1 aromatic rings. The summed E-state index contributed by atoms with van der Waals surface area (Å²) in [7, 11) is 0. The van der Waals surface area contributed by atoms with Gasteiger partial charge >= 0.3 is 5.97 Å². The SMILES string of the molecule is CCC(c1ccc(Br)s1)N1CCCCC1C(=O)O. The second-order valence-electron chi connectivity index (χ2n) is 4.65. The van der Waals surface area contributed by atoms with Crippen LogP contribution in [-0.2, 0) is 4.79 Å². The zero-order valence-electron chi connectivity index (χ0n) is 10.4. The van der Waals surface area contributed by atoms with Crippen LogP contribution in [0.4, 0.5) is 0 Å². The summed E-state index contributed by atoms with van der Waals surface area (Å²) in [5, 5.41) is 9.36. The highest BCUT2D eigenvalue weighted by molar-refractivity contribution is 9.11. The number of carboxylic acids is 1. The molecule has 0 spiro atoms. The maximum absolute atomic E-state index is 11.4. The van der Waals surface area contributed by atoms with Crippen LogP contribution in [0.15, 0.2) is 15.9 Å². The molecule has 18 heavy (non-hydrogen) atoms. The molecule has 5 heteroatoms. The quantitative estimate of drug-likeness (QED) is 0.909. The van der Waals surface area contributed by atoms with E-state index in [4.69, 9.17) is 0 Å². The molecule has 1 aliphatic rings. The Morgan fingerprint density at radius 1 is 1.61 bits per heavy atom. The summed E-state index contributed by atoms with van der Waals surface area (Å²) in [6.45, 7) is 3.02. The van der Waals surface area contributed by atoms with E-state index in [2.05, 4.69) is 33.8 Å². The number of likely N-dealkylation sites (tertiary alicyclic amines) is 1. The number of nitrogens with zero attached hydrogens (tertiary/aromatic N) is 1. The van der Waals surface area contributed by atoms with Gasteiger partial charge in [-0.05, 0) is 53.9 Å². The lowest BCUT2D eigenvalue weighted by atomic mass is 9.98. The molecule has 2 unspecified atom stereocenters. The fraction of sp³-hybridized carbons (Fsp3) is 0.615. The summed E-state index contributed by atoms with van der Waals surface area (Å²) in [5.74, 6) is -0.677. The molecule has 0 bridgehead atoms. The number of rotatable bonds is 4. The fourth-order valence-electron chi connectivity index (χ4n) is 2.70. The Morgan fingerprint density at radius 3 is 2.94 bits per heavy atom. The lowest BCUT2D eigenvalue weighted by Crippen LogP contribution is -2.46. The number of piperidine rings is 1. The summed E-state index contributed by atoms with van der Waals surface area (Å²) >= 11 is 5.19. The first-order chi connectivity index (χ1) is 8.63. The van der Waals surface area contributed by atoms with Crippen molar-refractivity contribution in [1.82, 2.24) is 4.90 Å². The van der Waals surface area contributed by atoms with Crippen molar-refractivity contribution in [2.45, 2.75) is 44.7 Å². The van der Waals surface area contributed by atoms with Gasteiger partial charge < -0.3 is 5.11 Å². The average molecular weight is 332 g/mol. The summed E-state index contributed by atoms with van der Waals surface area (Å²) < 4.78 is 1.11. The van der Waals surface area contributed by atoms with Crippen LogP contribution in [0, 0.1) is 0 Å². The third-order valence-electron chi connectivity index (χ3n) is 3.54. The molecule has 0 amide bonds. The van der Waals surface area contributed by atoms with Gasteiger partial charge in [-0.1, -0.05) is 13.3 Å². The summed E-state index contributed by atoms with van der Waals surface area (Å²) in [6.07, 6.45) is 3.86. The van der Waals surface area contributed by atoms with Gasteiger partial charge in [0.15, 0.2) is 0 Å². The van der Waals surface area contributed by atoms with E-state index in [-0.39, 0.29) is 12.1 Å². The summed E-state index contributed by atoms with van der Waals surface area (Å²) in [6, 6.07) is 4.08. The predicted octanol–water partition coefficient (Wildman–Crippen LogP) is 3.90. The van der Waals surface area contributed by atoms with Crippen molar-refractivity contribution >= 4 is 33.2 Å². The van der Waals surface area contributed by atoms with Gasteiger partial charge in [-0.3, -0.25) is 9.69 Å². The third kappa shape index (κ3) is 2.95. The molecule has 3 nitrogen and oxygen atoms in total. The highest BCUT2D eigenvalue weighted by Crippen LogP contribution is 2.36. The molecule has 0 aliphatic carbocycles. The van der Waals surface area contributed by atoms with Crippen molar-refractivity contribution < 1.29 is 9.90 Å². The van der Waals surface area contributed by atoms with E-state index < -0.39 is 5.97 Å². The van der Waals surface area contributed by atoms with Gasteiger partial charge in [0.2, 0.25) is 0 Å². The first kappa shape index (κ1) is 14.0. The molecule has 1 fully saturated rings. The number of hydrogen-bond donors (Lipinski definition) is 1. The van der Waals surface area contributed by atoms with Gasteiger partial charge in [-0.15, -0.1) is 11.3 Å². The molecule has 1 aliphatic heterocycles. The molecule has 100 valence electrons. The van der Waals surface area contributed by atoms with E-state index in [1.807, 2.05) is 6.07 Å². The van der Waals surface area contributed by atoms with Crippen molar-refractivity contribution in [1.29, 1.82) is 0 Å². The lowest BCUT2D eigenvalue weighted by molar-refractivity contribution is -0.146. The monoisotopic (exact) mass is 331 g/mol. The highest BCUT2D eigenvalue weighted by atomic mass is 79.9. The molecule has 1 saturated heterocycles. The van der Waals surface area contributed by atoms with Crippen LogP contribution in [0.5, 0.6) is 0 Å². The van der Waals surface area contributed by atoms with Crippen LogP contribution < -0.4 is 0 Å². The zero-order chi connectivity index (χ0) is 13.1. The maximum Gasteiger partial charge on any atom is 0.320 e. The van der Waals surface area contributed by atoms with Crippen molar-refractivity contribution in [3.8, 4) is 0 Å². The third-order valence-corrected chi connectivity index (χ3v) is 5.26. The van der Waals surface area contributed by atoms with Crippen LogP contribution in [0.25, 0.3) is 0 Å². The normalized spacial score (nSPS) is 22.9. The number of carbonyl (C=O) groups is 1. The van der Waals surface area contributed by atoms with Crippen LogP contribution in [0.1, 0.15) is 43.5 Å². The van der Waals surface area contributed by atoms with Gasteiger partial charge in [0.1, 0.15) is 6.04 Å². The summed E-state index contributed by atoms with van der Waals surface area (Å²) in [4.78, 5) is 14.8. The maximum atomic E-state index is 11.4. The van der Waals surface area contributed by atoms with Crippen LogP contribution >= 0.6 is 27.3 Å². The van der Waals surface area contributed by atoms with Crippen molar-refractivity contribution in [3.63, 3.8) is 0 Å². The molecule has 2 atom stereocenters. The van der Waals surface area contributed by atoms with Gasteiger partial charge in [0.05, 0.1) is 3.79 Å². The van der Waals surface area contributed by atoms with E-state index in [0.717, 1.165) is 36.0 Å². The Kier molecular flexibility index (Phi) is 4.81. The molecule has 0 radical (unpaired) electrons. The molecule has 0 aromatic carbocycles. The first-order valence-corrected chi connectivity index (χ1v) is 7.98. The number of hydrogen-bond acceptors (Lipinski definition) is 3. The topological polar surface area (TPSA) is 40.5 Å². The number of thiophene rings is 1. The van der Waals surface area contributed by atoms with E-state index in [9.17, 15) is 9.90 Å². The minimum atomic E-state index is -0.677. The molecule has 0 saturated carbocycles. The average Bonchev–Trinajstić information content (AvgIpc) is 2.77. The zero-order valence-corrected chi connectivity index (χ0v) is 12.8. The number of carboxylic acid groups (broad SMARTS) is 1. The fourth-order valence-corrected chi connectivity index (χ4v) is 4.33. The molecule has 2 heterocycles. The lowest BCUT2D eigenvalue weighted by Gasteiger charge is -2.38. The van der Waals surface area contributed by atoms with Crippen LogP contribution in [0.3, 0.4) is 0 Å². The largest absolute Gasteiger partial charge is 0.480 e. The van der Waals surface area contributed by atoms with Crippen molar-refractivity contribution in [2.24, 2.45) is 0 Å². The second kappa shape index (κ2) is 6.17. The Balaban J connectivity index is 2.22. The Morgan fingerprint density at radius 2 is 2.39 bits per heavy atom. The van der Waals surface area contributed by atoms with Gasteiger partial charge in [-0.25, -0.2) is 0 Å². The van der Waals surface area contributed by atoms with Crippen LogP contribution in [0.2, 0.25) is 0 Å². The second-order valence-corrected chi connectivity index (χ2v) is 7.15. The van der Waals surface area contributed by atoms with Gasteiger partial charge in [-0.2, -0.15) is 0 Å². The number of aliphatic carboxylic acids is 1. The molecule has 2 rings (SSSR count). The molecular formula is C13H18BrNO2S. The standard InChI is InChI=1S/C13H18BrNO2S/c1-2-9(11-6-7-12(14)18-11)15-8-4-3-5-10(15)13(16)17/h6-7,9-10H,2-5,8H2,1H3,(H,16,17). The van der Waals surface area contributed by atoms with E-state index in [1.54, 1.807) is 11.3 Å². The Bertz CT molecular complexity index is 421. The van der Waals surface area contributed by atoms with Gasteiger partial charge in [0, 0.05) is 10.9 Å². The minimum Gasteiger partial charge on any atom is -0.480 e. The summed E-state index contributed by atoms with van der Waals surface area (Å²) in [5.41, 5.74) is 0. The number of halogens is 1. The highest BCUT2D eigenvalue weighted by Gasteiger charge is 2.33. The van der Waals surface area contributed by atoms with E-state index >= 15 is 0 Å². The van der Waals surface area contributed by atoms with Gasteiger partial charge in [0.25, 0.3) is 0 Å². The van der Waals surface area contributed by atoms with E-state index in [0.29, 0.717) is 0 Å². The Labute approximate surface area is 120 Å². The molecular weight excluding hydrogens is 314 g/mol. The Hall–Kier alpha value is -0.390. The predicted molar refractivity (Wildman–Crippen MR) is 77.0 cm³/mol. The van der Waals surface area contributed by atoms with E-state index in [1.165, 1.54) is 4.88 Å². The first-order valence-electron chi connectivity index (χ1n) is 6.37. The smallest absolute Gasteiger partial charge is 0.320 e. The van der Waals surface area contributed by atoms with Crippen molar-refractivity contribution in [2.75, 3.05) is 6.54 Å². The molecule has 1 aromatic heterocycles. The van der Waals surface area contributed by atoms with Crippen molar-refractivity contribution in [3.05, 3.63) is 20.8 Å². The van der Waals surface area contributed by atoms with Crippen LogP contribution in [-0.4, -0.2) is 28.6 Å². The minimum absolute atomic E-state index is 0.239. The molecule has 1 N–H and O–H groups in total.